The van der Waals surface area contributed by atoms with Crippen LogP contribution in [0.3, 0.4) is 0 Å². The second-order valence-electron chi connectivity index (χ2n) is 6.18. The number of nitrogens with two attached hydrogens (primary N) is 1. The topological polar surface area (TPSA) is 75.4 Å². The van der Waals surface area contributed by atoms with E-state index in [2.05, 4.69) is 5.32 Å². The highest BCUT2D eigenvalue weighted by atomic mass is 16.2. The van der Waals surface area contributed by atoms with E-state index in [0.29, 0.717) is 31.3 Å². The van der Waals surface area contributed by atoms with Crippen LogP contribution in [-0.4, -0.2) is 41.9 Å². The second-order valence-corrected chi connectivity index (χ2v) is 6.18. The summed E-state index contributed by atoms with van der Waals surface area (Å²) in [5.74, 6) is 1.05. The minimum Gasteiger partial charge on any atom is -0.353 e. The van der Waals surface area contributed by atoms with Gasteiger partial charge in [-0.15, -0.1) is 0 Å². The average molecular weight is 265 g/mol. The molecule has 0 aromatic heterocycles. The molecule has 0 radical (unpaired) electrons. The Morgan fingerprint density at radius 2 is 2.16 bits per heavy atom. The number of carbonyl (C=O) groups is 2. The summed E-state index contributed by atoms with van der Waals surface area (Å²) in [6.45, 7) is 3.15. The first-order valence-electron chi connectivity index (χ1n) is 7.47. The van der Waals surface area contributed by atoms with E-state index >= 15 is 0 Å². The average Bonchev–Trinajstić information content (AvgIpc) is 2.98. The Bertz CT molecular complexity index is 396. The quantitative estimate of drug-likeness (QED) is 0.743. The molecule has 3 N–H and O–H groups in total. The second kappa shape index (κ2) is 4.78. The number of piperazine rings is 1. The Labute approximate surface area is 113 Å². The molecule has 2 bridgehead atoms. The monoisotopic (exact) mass is 265 g/mol. The summed E-state index contributed by atoms with van der Waals surface area (Å²) < 4.78 is 0. The molecule has 3 aliphatic rings. The van der Waals surface area contributed by atoms with Crippen molar-refractivity contribution in [2.75, 3.05) is 13.1 Å². The van der Waals surface area contributed by atoms with Crippen molar-refractivity contribution in [3.63, 3.8) is 0 Å². The van der Waals surface area contributed by atoms with Crippen molar-refractivity contribution in [2.24, 2.45) is 23.5 Å². The van der Waals surface area contributed by atoms with Gasteiger partial charge in [-0.1, -0.05) is 6.92 Å². The summed E-state index contributed by atoms with van der Waals surface area (Å²) in [5.41, 5.74) is 6.25. The van der Waals surface area contributed by atoms with Crippen LogP contribution in [0.1, 0.15) is 32.6 Å². The Morgan fingerprint density at radius 3 is 2.79 bits per heavy atom. The smallest absolute Gasteiger partial charge is 0.242 e. The van der Waals surface area contributed by atoms with Gasteiger partial charge in [-0.3, -0.25) is 9.59 Å². The summed E-state index contributed by atoms with van der Waals surface area (Å²) in [7, 11) is 0. The molecule has 0 aromatic carbocycles. The Morgan fingerprint density at radius 1 is 1.42 bits per heavy atom. The summed E-state index contributed by atoms with van der Waals surface area (Å²) >= 11 is 0. The van der Waals surface area contributed by atoms with Crippen LogP contribution in [0.15, 0.2) is 0 Å². The number of amides is 2. The number of fused-ring (bicyclic) bond motifs is 2. The molecule has 2 amide bonds. The standard InChI is InChI=1S/C14H23N3O2/c1-2-10-13(18)16-5-6-17(10)14(19)11-8-3-4-9(7-8)12(11)15/h8-12H,2-7,15H2,1H3,(H,16,18). The van der Waals surface area contributed by atoms with E-state index in [9.17, 15) is 9.59 Å². The van der Waals surface area contributed by atoms with Crippen LogP contribution in [0.4, 0.5) is 0 Å². The highest BCUT2D eigenvalue weighted by Crippen LogP contribution is 2.48. The van der Waals surface area contributed by atoms with Crippen LogP contribution in [0.5, 0.6) is 0 Å². The molecule has 1 heterocycles. The summed E-state index contributed by atoms with van der Waals surface area (Å²) in [5, 5.41) is 2.84. The third-order valence-corrected chi connectivity index (χ3v) is 5.27. The third-order valence-electron chi connectivity index (χ3n) is 5.27. The van der Waals surface area contributed by atoms with Crippen LogP contribution in [0.25, 0.3) is 0 Å². The number of carbonyl (C=O) groups excluding carboxylic acids is 2. The SMILES string of the molecule is CCC1C(=O)NCCN1C(=O)C1C2CCC(C2)C1N. The molecule has 1 saturated heterocycles. The zero-order chi connectivity index (χ0) is 13.6. The lowest BCUT2D eigenvalue weighted by atomic mass is 9.83. The maximum atomic E-state index is 12.8. The normalized spacial score (nSPS) is 41.5. The lowest BCUT2D eigenvalue weighted by Crippen LogP contribution is -2.60. The number of rotatable bonds is 2. The Kier molecular flexibility index (Phi) is 3.25. The Hall–Kier alpha value is -1.10. The number of hydrogen-bond donors (Lipinski definition) is 2. The van der Waals surface area contributed by atoms with Gasteiger partial charge in [-0.05, 0) is 37.5 Å². The van der Waals surface area contributed by atoms with E-state index in [0.717, 1.165) is 12.8 Å². The fourth-order valence-corrected chi connectivity index (χ4v) is 4.28. The highest BCUT2D eigenvalue weighted by Gasteiger charge is 2.51. The van der Waals surface area contributed by atoms with Gasteiger partial charge in [-0.2, -0.15) is 0 Å². The van der Waals surface area contributed by atoms with E-state index in [1.165, 1.54) is 6.42 Å². The number of nitrogens with zero attached hydrogens (tertiary/aromatic N) is 1. The van der Waals surface area contributed by atoms with Crippen molar-refractivity contribution in [3.8, 4) is 0 Å². The van der Waals surface area contributed by atoms with E-state index in [-0.39, 0.29) is 29.8 Å². The molecule has 5 nitrogen and oxygen atoms in total. The maximum absolute atomic E-state index is 12.8. The molecular formula is C14H23N3O2. The zero-order valence-electron chi connectivity index (χ0n) is 11.5. The van der Waals surface area contributed by atoms with Gasteiger partial charge in [-0.25, -0.2) is 0 Å². The molecule has 19 heavy (non-hydrogen) atoms. The van der Waals surface area contributed by atoms with Gasteiger partial charge in [0.2, 0.25) is 11.8 Å². The first-order valence-corrected chi connectivity index (χ1v) is 7.47. The molecule has 5 heteroatoms. The fourth-order valence-electron chi connectivity index (χ4n) is 4.28. The molecule has 0 spiro atoms. The van der Waals surface area contributed by atoms with Crippen LogP contribution in [0, 0.1) is 17.8 Å². The van der Waals surface area contributed by atoms with Crippen LogP contribution >= 0.6 is 0 Å². The van der Waals surface area contributed by atoms with Gasteiger partial charge in [0.25, 0.3) is 0 Å². The molecular weight excluding hydrogens is 242 g/mol. The van der Waals surface area contributed by atoms with E-state index in [4.69, 9.17) is 5.73 Å². The van der Waals surface area contributed by atoms with E-state index in [1.54, 1.807) is 4.90 Å². The summed E-state index contributed by atoms with van der Waals surface area (Å²) in [6, 6.07) is -0.290. The number of nitrogens with one attached hydrogen (secondary N) is 1. The van der Waals surface area contributed by atoms with Crippen molar-refractivity contribution < 1.29 is 9.59 Å². The largest absolute Gasteiger partial charge is 0.353 e. The molecule has 3 rings (SSSR count). The molecule has 3 fully saturated rings. The lowest BCUT2D eigenvalue weighted by Gasteiger charge is -2.39. The molecule has 2 aliphatic carbocycles. The van der Waals surface area contributed by atoms with Crippen molar-refractivity contribution in [1.82, 2.24) is 10.2 Å². The minimum atomic E-state index is -0.299. The van der Waals surface area contributed by atoms with Gasteiger partial charge in [0.15, 0.2) is 0 Å². The van der Waals surface area contributed by atoms with Gasteiger partial charge in [0.05, 0.1) is 5.92 Å². The van der Waals surface area contributed by atoms with Gasteiger partial charge < -0.3 is 16.0 Å². The first kappa shape index (κ1) is 12.9. The van der Waals surface area contributed by atoms with Crippen molar-refractivity contribution in [3.05, 3.63) is 0 Å². The molecule has 5 atom stereocenters. The minimum absolute atomic E-state index is 0.00810. The molecule has 1 aliphatic heterocycles. The molecule has 0 aromatic rings. The molecule has 5 unspecified atom stereocenters. The third kappa shape index (κ3) is 1.95. The molecule has 2 saturated carbocycles. The fraction of sp³-hybridized carbons (Fsp3) is 0.857. The first-order chi connectivity index (χ1) is 9.13. The summed E-state index contributed by atoms with van der Waals surface area (Å²) in [4.78, 5) is 26.4. The van der Waals surface area contributed by atoms with Crippen LogP contribution in [0.2, 0.25) is 0 Å². The van der Waals surface area contributed by atoms with E-state index in [1.807, 2.05) is 6.92 Å². The highest BCUT2D eigenvalue weighted by molar-refractivity contribution is 5.90. The van der Waals surface area contributed by atoms with Crippen molar-refractivity contribution >= 4 is 11.8 Å². The van der Waals surface area contributed by atoms with Gasteiger partial charge >= 0.3 is 0 Å². The van der Waals surface area contributed by atoms with Crippen LogP contribution < -0.4 is 11.1 Å². The lowest BCUT2D eigenvalue weighted by molar-refractivity contribution is -0.148. The molecule has 106 valence electrons. The van der Waals surface area contributed by atoms with Crippen molar-refractivity contribution in [2.45, 2.75) is 44.7 Å². The summed E-state index contributed by atoms with van der Waals surface area (Å²) in [6.07, 6.45) is 4.08. The predicted octanol–water partition coefficient (Wildman–Crippen LogP) is 0.0968. The predicted molar refractivity (Wildman–Crippen MR) is 71.1 cm³/mol. The maximum Gasteiger partial charge on any atom is 0.242 e. The van der Waals surface area contributed by atoms with Crippen molar-refractivity contribution in [1.29, 1.82) is 0 Å². The van der Waals surface area contributed by atoms with Crippen LogP contribution in [-0.2, 0) is 9.59 Å². The zero-order valence-corrected chi connectivity index (χ0v) is 11.5. The Balaban J connectivity index is 1.77. The van der Waals surface area contributed by atoms with E-state index < -0.39 is 0 Å². The van der Waals surface area contributed by atoms with Gasteiger partial charge in [0.1, 0.15) is 6.04 Å². The van der Waals surface area contributed by atoms with Gasteiger partial charge in [0, 0.05) is 19.1 Å². The number of hydrogen-bond acceptors (Lipinski definition) is 3.